The summed E-state index contributed by atoms with van der Waals surface area (Å²) in [5, 5.41) is 15.5. The highest BCUT2D eigenvalue weighted by Gasteiger charge is 2.13. The Kier molecular flexibility index (Phi) is 6.08. The van der Waals surface area contributed by atoms with Crippen LogP contribution in [0.5, 0.6) is 5.75 Å². The van der Waals surface area contributed by atoms with Gasteiger partial charge in [0.05, 0.1) is 23.7 Å². The van der Waals surface area contributed by atoms with Gasteiger partial charge < -0.3 is 10.1 Å². The summed E-state index contributed by atoms with van der Waals surface area (Å²) >= 11 is 1.10. The molecule has 0 aliphatic rings. The summed E-state index contributed by atoms with van der Waals surface area (Å²) in [7, 11) is 0. The zero-order chi connectivity index (χ0) is 21.8. The summed E-state index contributed by atoms with van der Waals surface area (Å²) in [6.45, 7) is 2.51. The molecule has 0 aliphatic heterocycles. The second kappa shape index (κ2) is 9.09. The number of nitrogens with zero attached hydrogens (tertiary/aromatic N) is 4. The second-order valence-electron chi connectivity index (χ2n) is 6.39. The molecule has 7 nitrogen and oxygen atoms in total. The van der Waals surface area contributed by atoms with Gasteiger partial charge >= 0.3 is 0 Å². The molecule has 2 heterocycles. The molecular weight excluding hydrogens is 424 g/mol. The molecule has 0 spiro atoms. The van der Waals surface area contributed by atoms with E-state index in [-0.39, 0.29) is 11.4 Å². The molecule has 158 valence electrons. The van der Waals surface area contributed by atoms with Gasteiger partial charge in [-0.3, -0.25) is 4.79 Å². The molecule has 4 aromatic rings. The van der Waals surface area contributed by atoms with Crippen molar-refractivity contribution in [3.63, 3.8) is 0 Å². The molecule has 0 saturated heterocycles. The first kappa shape index (κ1) is 20.7. The van der Waals surface area contributed by atoms with Gasteiger partial charge in [0.15, 0.2) is 5.65 Å². The molecule has 0 bridgehead atoms. The van der Waals surface area contributed by atoms with Gasteiger partial charge in [-0.2, -0.15) is 9.61 Å². The lowest BCUT2D eigenvalue weighted by Gasteiger charge is -2.07. The number of amides is 1. The van der Waals surface area contributed by atoms with E-state index < -0.39 is 17.5 Å². The minimum atomic E-state index is -0.840. The van der Waals surface area contributed by atoms with Crippen molar-refractivity contribution in [2.24, 2.45) is 0 Å². The van der Waals surface area contributed by atoms with E-state index in [9.17, 15) is 13.6 Å². The minimum absolute atomic E-state index is 0.0490. The molecule has 4 rings (SSSR count). The molecule has 1 N–H and O–H groups in total. The quantitative estimate of drug-likeness (QED) is 0.433. The largest absolute Gasteiger partial charge is 0.494 e. The van der Waals surface area contributed by atoms with Crippen molar-refractivity contribution in [2.45, 2.75) is 12.1 Å². The number of anilines is 1. The lowest BCUT2D eigenvalue weighted by atomic mass is 10.1. The second-order valence-corrected chi connectivity index (χ2v) is 7.33. The Morgan fingerprint density at radius 1 is 1.10 bits per heavy atom. The van der Waals surface area contributed by atoms with Crippen LogP contribution in [-0.4, -0.2) is 38.1 Å². The van der Waals surface area contributed by atoms with Crippen molar-refractivity contribution in [1.82, 2.24) is 19.8 Å². The molecule has 0 fully saturated rings. The highest BCUT2D eigenvalue weighted by molar-refractivity contribution is 7.99. The van der Waals surface area contributed by atoms with Crippen LogP contribution in [0.25, 0.3) is 16.9 Å². The molecule has 0 unspecified atom stereocenters. The zero-order valence-corrected chi connectivity index (χ0v) is 17.2. The first-order valence-corrected chi connectivity index (χ1v) is 10.4. The fraction of sp³-hybridized carbons (Fsp3) is 0.143. The number of hydrogen-bond donors (Lipinski definition) is 1. The van der Waals surface area contributed by atoms with E-state index in [1.54, 1.807) is 10.6 Å². The van der Waals surface area contributed by atoms with Gasteiger partial charge in [0, 0.05) is 11.6 Å². The number of hydrogen-bond acceptors (Lipinski definition) is 6. The van der Waals surface area contributed by atoms with Crippen molar-refractivity contribution in [2.75, 3.05) is 17.7 Å². The van der Waals surface area contributed by atoms with E-state index in [4.69, 9.17) is 4.74 Å². The Bertz CT molecular complexity index is 1230. The lowest BCUT2D eigenvalue weighted by Crippen LogP contribution is -2.15. The van der Waals surface area contributed by atoms with Crippen molar-refractivity contribution >= 4 is 29.0 Å². The number of rotatable bonds is 7. The molecule has 0 aliphatic carbocycles. The van der Waals surface area contributed by atoms with E-state index in [0.717, 1.165) is 29.1 Å². The Labute approximate surface area is 180 Å². The number of nitrogens with one attached hydrogen (secondary N) is 1. The molecule has 0 saturated carbocycles. The van der Waals surface area contributed by atoms with E-state index >= 15 is 0 Å². The molecule has 2 aromatic heterocycles. The summed E-state index contributed by atoms with van der Waals surface area (Å²) in [6.07, 6.45) is 0. The summed E-state index contributed by atoms with van der Waals surface area (Å²) in [5.74, 6) is -1.29. The number of benzene rings is 2. The van der Waals surface area contributed by atoms with Crippen LogP contribution < -0.4 is 10.1 Å². The Morgan fingerprint density at radius 2 is 1.90 bits per heavy atom. The minimum Gasteiger partial charge on any atom is -0.494 e. The number of aromatic nitrogens is 4. The van der Waals surface area contributed by atoms with E-state index in [0.29, 0.717) is 29.2 Å². The predicted molar refractivity (Wildman–Crippen MR) is 113 cm³/mol. The molecule has 2 aromatic carbocycles. The van der Waals surface area contributed by atoms with E-state index in [1.165, 1.54) is 6.07 Å². The third-order valence-corrected chi connectivity index (χ3v) is 5.15. The number of halogens is 2. The lowest BCUT2D eigenvalue weighted by molar-refractivity contribution is -0.113. The van der Waals surface area contributed by atoms with Crippen LogP contribution in [-0.2, 0) is 4.79 Å². The number of thioether (sulfide) groups is 1. The molecule has 0 atom stereocenters. The number of ether oxygens (including phenoxy) is 1. The van der Waals surface area contributed by atoms with Gasteiger partial charge in [0.25, 0.3) is 0 Å². The maximum atomic E-state index is 13.7. The summed E-state index contributed by atoms with van der Waals surface area (Å²) in [6, 6.07) is 14.1. The van der Waals surface area contributed by atoms with Crippen LogP contribution >= 0.6 is 11.8 Å². The van der Waals surface area contributed by atoms with Crippen LogP contribution in [0.15, 0.2) is 59.8 Å². The van der Waals surface area contributed by atoms with Gasteiger partial charge in [-0.25, -0.2) is 8.78 Å². The molecular formula is C21H17F2N5O2S. The zero-order valence-electron chi connectivity index (χ0n) is 16.4. The Morgan fingerprint density at radius 3 is 2.65 bits per heavy atom. The number of fused-ring (bicyclic) bond motifs is 1. The maximum Gasteiger partial charge on any atom is 0.234 e. The van der Waals surface area contributed by atoms with Gasteiger partial charge in [-0.05, 0) is 55.5 Å². The summed E-state index contributed by atoms with van der Waals surface area (Å²) < 4.78 is 33.7. The van der Waals surface area contributed by atoms with Crippen molar-refractivity contribution in [3.05, 3.63) is 66.2 Å². The highest BCUT2D eigenvalue weighted by atomic mass is 32.2. The number of carbonyl (C=O) groups excluding carboxylic acids is 1. The normalized spacial score (nSPS) is 10.9. The smallest absolute Gasteiger partial charge is 0.234 e. The Balaban J connectivity index is 1.48. The average Bonchev–Trinajstić information content (AvgIpc) is 3.17. The fourth-order valence-electron chi connectivity index (χ4n) is 2.81. The van der Waals surface area contributed by atoms with Crippen LogP contribution in [0.2, 0.25) is 0 Å². The fourth-order valence-corrected chi connectivity index (χ4v) is 3.50. The van der Waals surface area contributed by atoms with Gasteiger partial charge in [-0.15, -0.1) is 10.2 Å². The van der Waals surface area contributed by atoms with Gasteiger partial charge in [0.1, 0.15) is 17.4 Å². The highest BCUT2D eigenvalue weighted by Crippen LogP contribution is 2.23. The van der Waals surface area contributed by atoms with Crippen LogP contribution in [0.3, 0.4) is 0 Å². The van der Waals surface area contributed by atoms with Crippen LogP contribution in [0.4, 0.5) is 14.5 Å². The van der Waals surface area contributed by atoms with Crippen molar-refractivity contribution in [1.29, 1.82) is 0 Å². The third kappa shape index (κ3) is 4.80. The maximum absolute atomic E-state index is 13.7. The van der Waals surface area contributed by atoms with E-state index in [1.807, 2.05) is 37.3 Å². The Hall–Kier alpha value is -3.53. The predicted octanol–water partition coefficient (Wildman–Crippen LogP) is 4.20. The molecule has 1 amide bonds. The first-order chi connectivity index (χ1) is 15.0. The van der Waals surface area contributed by atoms with Crippen LogP contribution in [0, 0.1) is 11.6 Å². The number of carbonyl (C=O) groups is 1. The van der Waals surface area contributed by atoms with Gasteiger partial charge in [-0.1, -0.05) is 11.8 Å². The summed E-state index contributed by atoms with van der Waals surface area (Å²) in [5.41, 5.74) is 2.03. The van der Waals surface area contributed by atoms with Gasteiger partial charge in [0.2, 0.25) is 11.1 Å². The first-order valence-electron chi connectivity index (χ1n) is 9.37. The standard InChI is InChI=1S/C21H17F2N5O2S/c1-2-30-15-6-3-13(4-7-15)17-9-10-19-25-26-21(28(19)27-17)31-12-20(29)24-18-8-5-14(22)11-16(18)23/h3-11H,2,12H2,1H3,(H,24,29). The SMILES string of the molecule is CCOc1ccc(-c2ccc3nnc(SCC(=O)Nc4ccc(F)cc4F)n3n2)cc1. The summed E-state index contributed by atoms with van der Waals surface area (Å²) in [4.78, 5) is 12.2. The average molecular weight is 441 g/mol. The molecule has 0 radical (unpaired) electrons. The molecule has 31 heavy (non-hydrogen) atoms. The monoisotopic (exact) mass is 441 g/mol. The van der Waals surface area contributed by atoms with Crippen molar-refractivity contribution < 1.29 is 18.3 Å². The van der Waals surface area contributed by atoms with Crippen molar-refractivity contribution in [3.8, 4) is 17.0 Å². The topological polar surface area (TPSA) is 81.4 Å². The third-order valence-electron chi connectivity index (χ3n) is 4.23. The molecule has 10 heteroatoms. The van der Waals surface area contributed by atoms with Crippen LogP contribution in [0.1, 0.15) is 6.92 Å². The van der Waals surface area contributed by atoms with E-state index in [2.05, 4.69) is 20.6 Å².